The molecule has 2 bridgehead atoms. The van der Waals surface area contributed by atoms with Crippen molar-refractivity contribution in [1.29, 1.82) is 5.26 Å². The highest BCUT2D eigenvalue weighted by atomic mass is 16.7. The average molecular weight is 723 g/mol. The van der Waals surface area contributed by atoms with Gasteiger partial charge in [0.05, 0.1) is 18.2 Å². The maximum Gasteiger partial charge on any atom is 0.514 e. The van der Waals surface area contributed by atoms with Gasteiger partial charge in [-0.2, -0.15) is 5.26 Å². The maximum absolute atomic E-state index is 13.5. The van der Waals surface area contributed by atoms with Crippen molar-refractivity contribution in [2.24, 2.45) is 0 Å². The summed E-state index contributed by atoms with van der Waals surface area (Å²) in [7, 11) is 3.67. The van der Waals surface area contributed by atoms with Gasteiger partial charge in [-0.15, -0.1) is 0 Å². The van der Waals surface area contributed by atoms with Gasteiger partial charge in [-0.05, 0) is 69.3 Å². The van der Waals surface area contributed by atoms with Crippen molar-refractivity contribution in [3.05, 3.63) is 93.6 Å². The number of carbonyl (C=O) groups is 2. The van der Waals surface area contributed by atoms with E-state index < -0.39 is 18.2 Å². The molecule has 12 nitrogen and oxygen atoms in total. The second kappa shape index (κ2) is 15.1. The molecular weight excluding hydrogens is 676 g/mol. The van der Waals surface area contributed by atoms with E-state index in [1.54, 1.807) is 7.11 Å². The molecule has 278 valence electrons. The Bertz CT molecular complexity index is 1960. The van der Waals surface area contributed by atoms with Crippen LogP contribution in [0.4, 0.5) is 4.79 Å². The monoisotopic (exact) mass is 722 g/mol. The van der Waals surface area contributed by atoms with Crippen LogP contribution in [0.2, 0.25) is 0 Å². The van der Waals surface area contributed by atoms with Crippen LogP contribution in [0.3, 0.4) is 0 Å². The molecule has 1 fully saturated rings. The topological polar surface area (TPSA) is 132 Å². The molecule has 53 heavy (non-hydrogen) atoms. The molecule has 3 aromatic rings. The molecule has 0 spiro atoms. The summed E-state index contributed by atoms with van der Waals surface area (Å²) in [4.78, 5) is 31.1. The highest BCUT2D eigenvalue weighted by Gasteiger charge is 2.57. The number of methoxy groups -OCH3 is 1. The SMILES string of the molecule is C=CCOC(=O)Oc1c(C)c2c(c3c1CC1[C@H]4c5c(cc(C)c(C)c5OCOC)C[C@@H]([C@H](C#N)N1[C@H]3CNC(=O)CCc1ccccc1)N4C)OCO2. The largest absolute Gasteiger partial charge is 0.514 e. The highest BCUT2D eigenvalue weighted by Crippen LogP contribution is 2.58. The molecule has 7 rings (SSSR count). The number of amides is 1. The van der Waals surface area contributed by atoms with Crippen molar-refractivity contribution in [3.8, 4) is 29.1 Å². The predicted molar refractivity (Wildman–Crippen MR) is 195 cm³/mol. The first-order valence-electron chi connectivity index (χ1n) is 18.0. The van der Waals surface area contributed by atoms with Gasteiger partial charge in [0.2, 0.25) is 12.7 Å². The third-order valence-corrected chi connectivity index (χ3v) is 11.2. The van der Waals surface area contributed by atoms with Crippen molar-refractivity contribution in [3.63, 3.8) is 0 Å². The first-order valence-corrected chi connectivity index (χ1v) is 18.0. The lowest BCUT2D eigenvalue weighted by Crippen LogP contribution is -2.68. The minimum Gasteiger partial charge on any atom is -0.467 e. The van der Waals surface area contributed by atoms with Crippen molar-refractivity contribution in [1.82, 2.24) is 15.1 Å². The van der Waals surface area contributed by atoms with Crippen molar-refractivity contribution < 1.29 is 38.0 Å². The zero-order valence-corrected chi connectivity index (χ0v) is 30.9. The molecule has 4 aliphatic heterocycles. The van der Waals surface area contributed by atoms with Gasteiger partial charge in [-0.25, -0.2) is 4.79 Å². The van der Waals surface area contributed by atoms with Gasteiger partial charge in [-0.3, -0.25) is 14.6 Å². The number of hydrogen-bond acceptors (Lipinski definition) is 11. The molecule has 4 aliphatic rings. The number of piperazine rings is 1. The van der Waals surface area contributed by atoms with E-state index in [-0.39, 0.29) is 50.8 Å². The van der Waals surface area contributed by atoms with E-state index in [4.69, 9.17) is 28.4 Å². The summed E-state index contributed by atoms with van der Waals surface area (Å²) in [5, 5.41) is 14.2. The molecular formula is C41H46N4O8. The van der Waals surface area contributed by atoms with E-state index in [1.807, 2.05) is 37.3 Å². The lowest BCUT2D eigenvalue weighted by atomic mass is 9.71. The number of likely N-dealkylation sites (N-methyl/N-ethyl adjacent to an activating group) is 1. The van der Waals surface area contributed by atoms with Crippen molar-refractivity contribution >= 4 is 12.1 Å². The predicted octanol–water partition coefficient (Wildman–Crippen LogP) is 5.55. The Morgan fingerprint density at radius 2 is 1.83 bits per heavy atom. The fraction of sp³-hybridized carbons (Fsp3) is 0.439. The maximum atomic E-state index is 13.5. The summed E-state index contributed by atoms with van der Waals surface area (Å²) in [5.41, 5.74) is 7.45. The van der Waals surface area contributed by atoms with E-state index in [0.717, 1.165) is 44.7 Å². The van der Waals surface area contributed by atoms with Gasteiger partial charge in [0.1, 0.15) is 24.1 Å². The minimum atomic E-state index is -0.873. The number of hydrogen-bond donors (Lipinski definition) is 1. The normalized spacial score (nSPS) is 22.5. The molecule has 4 heterocycles. The number of ether oxygens (including phenoxy) is 6. The fourth-order valence-electron chi connectivity index (χ4n) is 8.76. The summed E-state index contributed by atoms with van der Waals surface area (Å²) in [5.74, 6) is 1.98. The first kappa shape index (κ1) is 36.3. The molecule has 3 aromatic carbocycles. The first-order chi connectivity index (χ1) is 25.7. The molecule has 1 amide bonds. The third kappa shape index (κ3) is 6.47. The number of nitrogens with one attached hydrogen (secondary N) is 1. The zero-order valence-electron chi connectivity index (χ0n) is 30.9. The number of benzene rings is 3. The Labute approximate surface area is 310 Å². The molecule has 1 unspecified atom stereocenters. The molecule has 0 aliphatic carbocycles. The van der Waals surface area contributed by atoms with Crippen molar-refractivity contribution in [2.75, 3.05) is 40.9 Å². The quantitative estimate of drug-likeness (QED) is 0.116. The van der Waals surface area contributed by atoms with E-state index in [1.165, 1.54) is 6.08 Å². The number of aryl methyl sites for hydroxylation is 2. The zero-order chi connectivity index (χ0) is 37.4. The van der Waals surface area contributed by atoms with Crippen molar-refractivity contribution in [2.45, 2.75) is 76.7 Å². The summed E-state index contributed by atoms with van der Waals surface area (Å²) in [6.07, 6.45) is 2.51. The Balaban J connectivity index is 1.37. The average Bonchev–Trinajstić information content (AvgIpc) is 3.65. The van der Waals surface area contributed by atoms with Gasteiger partial charge < -0.3 is 33.7 Å². The Kier molecular flexibility index (Phi) is 10.3. The molecule has 1 N–H and O–H groups in total. The van der Waals surface area contributed by atoms with Crippen LogP contribution in [0.25, 0.3) is 0 Å². The lowest BCUT2D eigenvalue weighted by molar-refractivity contribution is -0.122. The van der Waals surface area contributed by atoms with Gasteiger partial charge in [0.15, 0.2) is 18.3 Å². The second-order valence-electron chi connectivity index (χ2n) is 14.1. The van der Waals surface area contributed by atoms with Crippen LogP contribution in [-0.2, 0) is 33.5 Å². The molecule has 1 saturated heterocycles. The van der Waals surface area contributed by atoms with Gasteiger partial charge in [-0.1, -0.05) is 49.1 Å². The summed E-state index contributed by atoms with van der Waals surface area (Å²) in [6, 6.07) is 13.0. The third-order valence-electron chi connectivity index (χ3n) is 11.2. The van der Waals surface area contributed by atoms with E-state index in [2.05, 4.69) is 54.7 Å². The van der Waals surface area contributed by atoms with Crippen LogP contribution < -0.4 is 24.3 Å². The molecule has 0 aromatic heterocycles. The Hall–Kier alpha value is -5.09. The minimum absolute atomic E-state index is 0.0173. The van der Waals surface area contributed by atoms with Crippen LogP contribution in [0.5, 0.6) is 23.0 Å². The van der Waals surface area contributed by atoms with Gasteiger partial charge in [0, 0.05) is 54.4 Å². The molecule has 0 radical (unpaired) electrons. The lowest BCUT2D eigenvalue weighted by Gasteiger charge is -2.60. The smallest absolute Gasteiger partial charge is 0.467 e. The van der Waals surface area contributed by atoms with Crippen LogP contribution in [0.1, 0.15) is 63.0 Å². The summed E-state index contributed by atoms with van der Waals surface area (Å²) in [6.45, 7) is 9.84. The van der Waals surface area contributed by atoms with E-state index in [9.17, 15) is 14.9 Å². The fourth-order valence-corrected chi connectivity index (χ4v) is 8.76. The Morgan fingerprint density at radius 1 is 1.06 bits per heavy atom. The van der Waals surface area contributed by atoms with Gasteiger partial charge >= 0.3 is 6.16 Å². The number of carbonyl (C=O) groups excluding carboxylic acids is 2. The summed E-state index contributed by atoms with van der Waals surface area (Å²) >= 11 is 0. The number of nitrogens with zero attached hydrogens (tertiary/aromatic N) is 3. The van der Waals surface area contributed by atoms with Crippen LogP contribution in [-0.4, -0.2) is 80.9 Å². The number of nitriles is 1. The second-order valence-corrected chi connectivity index (χ2v) is 14.1. The number of rotatable bonds is 11. The highest BCUT2D eigenvalue weighted by molar-refractivity contribution is 5.76. The van der Waals surface area contributed by atoms with E-state index in [0.29, 0.717) is 48.5 Å². The van der Waals surface area contributed by atoms with Crippen LogP contribution >= 0.6 is 0 Å². The molecule has 12 heteroatoms. The summed E-state index contributed by atoms with van der Waals surface area (Å²) < 4.78 is 35.2. The van der Waals surface area contributed by atoms with Crippen LogP contribution in [0, 0.1) is 32.1 Å². The standard InChI is InChI=1S/C41H46N4O8/c1-7-15-49-41(47)53-37-25(4)39-40(52-22-51-39)35-28(37)18-30-36-34-27(16-23(2)24(3)38(34)50-21-48-6)17-29(44(36)5)31(19-42)45(30)32(35)20-43-33(46)14-13-26-11-9-8-10-12-26/h7-12,16,29-32,36H,1,13-15,17-18,20-22H2,2-6H3,(H,43,46)/t29-,30?,31-,32-,36-/m0/s1. The molecule has 0 saturated carbocycles. The van der Waals surface area contributed by atoms with E-state index >= 15 is 0 Å². The Morgan fingerprint density at radius 3 is 2.57 bits per heavy atom. The number of fused-ring (bicyclic) bond motifs is 9. The van der Waals surface area contributed by atoms with Crippen LogP contribution in [0.15, 0.2) is 49.1 Å². The molecule has 5 atom stereocenters. The van der Waals surface area contributed by atoms with Gasteiger partial charge in [0.25, 0.3) is 0 Å².